The van der Waals surface area contributed by atoms with Gasteiger partial charge >= 0.3 is 5.97 Å². The molecule has 0 saturated carbocycles. The highest BCUT2D eigenvalue weighted by molar-refractivity contribution is 8.00. The number of β-lactam (4-membered cyclic amide) rings is 1. The zero-order chi connectivity index (χ0) is 31.8. The van der Waals surface area contributed by atoms with Gasteiger partial charge in [-0.1, -0.05) is 5.16 Å². The van der Waals surface area contributed by atoms with E-state index in [0.717, 1.165) is 30.6 Å². The molecular weight excluding hydrogens is 649 g/mol. The largest absolute Gasteiger partial charge is 0.493 e. The number of anilines is 1. The number of nitrogens with one attached hydrogen (secondary N) is 2. The number of carboxylic acid groups (broad SMARTS) is 1. The molecule has 0 aliphatic carbocycles. The number of rotatable bonds is 9. The number of aliphatic carboxylic acids is 1. The molecule has 6 rings (SSSR count). The molecule has 1 aromatic heterocycles. The van der Waals surface area contributed by atoms with Crippen LogP contribution >= 0.6 is 35.0 Å². The third-order valence-corrected chi connectivity index (χ3v) is 10.3. The molecule has 0 radical (unpaired) electrons. The van der Waals surface area contributed by atoms with Crippen LogP contribution < -0.4 is 16.6 Å². The van der Waals surface area contributed by atoms with Crippen LogP contribution in [0.2, 0.25) is 0 Å². The first kappa shape index (κ1) is 30.7. The highest BCUT2D eigenvalue weighted by Crippen LogP contribution is 2.41. The number of piperidine rings is 1. The number of aliphatic imine (C=N–C) groups is 1. The Bertz CT molecular complexity index is 1600. The minimum atomic E-state index is -1.27. The smallest absolute Gasteiger partial charge is 0.352 e. The SMILES string of the molecule is CON=C(C(=O)N[C@@H]1C(=O)N2C(C(=O)O)=C(CSN3C=C4N=CC(C(=O)N5CCCCC5)=C(O)N4N3)CS[C@H]12)c1csc(N)n1. The van der Waals surface area contributed by atoms with Gasteiger partial charge in [0, 0.05) is 36.2 Å². The van der Waals surface area contributed by atoms with E-state index in [1.807, 2.05) is 0 Å². The lowest BCUT2D eigenvalue weighted by Crippen LogP contribution is -2.71. The zero-order valence-corrected chi connectivity index (χ0v) is 26.2. The average Bonchev–Trinajstić information content (AvgIpc) is 3.67. The van der Waals surface area contributed by atoms with Gasteiger partial charge in [0.25, 0.3) is 17.7 Å². The van der Waals surface area contributed by atoms with Crippen molar-refractivity contribution in [2.45, 2.75) is 30.7 Å². The van der Waals surface area contributed by atoms with Crippen LogP contribution in [0, 0.1) is 0 Å². The van der Waals surface area contributed by atoms with Crippen LogP contribution in [0.1, 0.15) is 25.0 Å². The molecule has 45 heavy (non-hydrogen) atoms. The van der Waals surface area contributed by atoms with E-state index in [1.54, 1.807) is 11.1 Å². The molecular formula is C25H28N10O7S3. The van der Waals surface area contributed by atoms with Crippen molar-refractivity contribution in [2.75, 3.05) is 37.4 Å². The fourth-order valence-electron chi connectivity index (χ4n) is 5.23. The molecule has 6 N–H and O–H groups in total. The number of nitrogens with zero attached hydrogens (tertiary/aromatic N) is 7. The Morgan fingerprint density at radius 1 is 1.29 bits per heavy atom. The number of fused-ring (bicyclic) bond motifs is 2. The number of amides is 3. The summed E-state index contributed by atoms with van der Waals surface area (Å²) < 4.78 is 1.53. The Balaban J connectivity index is 1.10. The molecule has 3 amide bonds. The van der Waals surface area contributed by atoms with Crippen molar-refractivity contribution in [1.82, 2.24) is 35.1 Å². The molecule has 238 valence electrons. The molecule has 6 heterocycles. The fraction of sp³-hybridized carbons (Fsp3) is 0.400. The second-order valence-corrected chi connectivity index (χ2v) is 13.1. The van der Waals surface area contributed by atoms with Gasteiger partial charge < -0.3 is 31.0 Å². The highest BCUT2D eigenvalue weighted by Gasteiger charge is 2.54. The first-order valence-electron chi connectivity index (χ1n) is 13.7. The van der Waals surface area contributed by atoms with Crippen molar-refractivity contribution in [3.8, 4) is 0 Å². The molecule has 2 atom stereocenters. The number of thioether (sulfide) groups is 1. The van der Waals surface area contributed by atoms with Gasteiger partial charge in [-0.25, -0.2) is 24.2 Å². The van der Waals surface area contributed by atoms with Gasteiger partial charge in [0.1, 0.15) is 35.5 Å². The van der Waals surface area contributed by atoms with Crippen molar-refractivity contribution >= 4 is 75.8 Å². The zero-order valence-electron chi connectivity index (χ0n) is 23.7. The third-order valence-electron chi connectivity index (χ3n) is 7.39. The molecule has 17 nitrogen and oxygen atoms in total. The van der Waals surface area contributed by atoms with Crippen LogP contribution in [-0.2, 0) is 24.0 Å². The number of nitrogens with two attached hydrogens (primary N) is 1. The summed E-state index contributed by atoms with van der Waals surface area (Å²) in [6.07, 6.45) is 5.82. The lowest BCUT2D eigenvalue weighted by Gasteiger charge is -2.49. The van der Waals surface area contributed by atoms with E-state index >= 15 is 0 Å². The third kappa shape index (κ3) is 5.80. The number of oxime groups is 1. The van der Waals surface area contributed by atoms with Crippen LogP contribution in [0.4, 0.5) is 5.13 Å². The van der Waals surface area contributed by atoms with Crippen molar-refractivity contribution < 1.29 is 34.2 Å². The second kappa shape index (κ2) is 12.6. The lowest BCUT2D eigenvalue weighted by molar-refractivity contribution is -0.150. The van der Waals surface area contributed by atoms with E-state index in [-0.39, 0.29) is 51.1 Å². The number of likely N-dealkylation sites (tertiary alicyclic amines) is 1. The second-order valence-electron chi connectivity index (χ2n) is 10.2. The number of aliphatic hydroxyl groups excluding tert-OH is 1. The molecule has 0 spiro atoms. The number of aromatic nitrogens is 1. The van der Waals surface area contributed by atoms with Crippen LogP contribution in [0.25, 0.3) is 0 Å². The predicted octanol–water partition coefficient (Wildman–Crippen LogP) is 0.165. The summed E-state index contributed by atoms with van der Waals surface area (Å²) in [5.74, 6) is -2.35. The highest BCUT2D eigenvalue weighted by atomic mass is 32.2. The number of nitrogen functional groups attached to an aromatic ring is 1. The summed E-state index contributed by atoms with van der Waals surface area (Å²) in [7, 11) is 1.26. The lowest BCUT2D eigenvalue weighted by atomic mass is 10.0. The Morgan fingerprint density at radius 3 is 2.76 bits per heavy atom. The summed E-state index contributed by atoms with van der Waals surface area (Å²) in [4.78, 5) is 67.4. The number of hydrogen-bond donors (Lipinski definition) is 5. The van der Waals surface area contributed by atoms with Crippen molar-refractivity contribution in [3.05, 3.63) is 45.8 Å². The van der Waals surface area contributed by atoms with Gasteiger partial charge in [-0.05, 0) is 36.8 Å². The van der Waals surface area contributed by atoms with Gasteiger partial charge in [-0.3, -0.25) is 19.3 Å². The Morgan fingerprint density at radius 2 is 2.07 bits per heavy atom. The standard InChI is InChI=1S/C25H28N10O7S3/c1-42-30-16(14-11-44-25(26)28-14)19(36)29-17-22(39)34-18(24(40)41)12(9-43-23(17)34)10-45-33-8-15-27-7-13(21(38)35(15)31-33)20(37)32-5-3-2-4-6-32/h7-8,11,17,23,31,38H,2-6,9-10H2,1H3,(H2,26,28)(H,29,36)(H,40,41)/t17-,23-/m1/s1. The molecule has 0 aromatic carbocycles. The van der Waals surface area contributed by atoms with Crippen LogP contribution in [0.3, 0.4) is 0 Å². The van der Waals surface area contributed by atoms with Gasteiger partial charge in [0.2, 0.25) is 5.88 Å². The number of carbonyl (C=O) groups excluding carboxylic acids is 3. The summed E-state index contributed by atoms with van der Waals surface area (Å²) in [6, 6.07) is -0.987. The van der Waals surface area contributed by atoms with Crippen molar-refractivity contribution in [1.29, 1.82) is 0 Å². The summed E-state index contributed by atoms with van der Waals surface area (Å²) >= 11 is 3.60. The number of carbonyl (C=O) groups is 4. The molecule has 5 aliphatic rings. The maximum absolute atomic E-state index is 13.2. The van der Waals surface area contributed by atoms with Gasteiger partial charge in [0.15, 0.2) is 16.7 Å². The molecule has 0 unspecified atom stereocenters. The van der Waals surface area contributed by atoms with Crippen LogP contribution in [-0.4, -0.2) is 113 Å². The minimum Gasteiger partial charge on any atom is -0.493 e. The number of carboxylic acids is 1. The van der Waals surface area contributed by atoms with Crippen molar-refractivity contribution in [2.24, 2.45) is 10.1 Å². The molecule has 1 aromatic rings. The van der Waals surface area contributed by atoms with Gasteiger partial charge in [-0.2, -0.15) is 0 Å². The molecule has 2 fully saturated rings. The summed E-state index contributed by atoms with van der Waals surface area (Å²) in [6.45, 7) is 1.25. The van der Waals surface area contributed by atoms with E-state index < -0.39 is 29.2 Å². The average molecular weight is 677 g/mol. The maximum Gasteiger partial charge on any atom is 0.352 e. The molecule has 5 aliphatic heterocycles. The summed E-state index contributed by atoms with van der Waals surface area (Å²) in [5.41, 5.74) is 9.02. The molecule has 2 saturated heterocycles. The Hall–Kier alpha value is -4.27. The van der Waals surface area contributed by atoms with E-state index in [4.69, 9.17) is 10.6 Å². The predicted molar refractivity (Wildman–Crippen MR) is 166 cm³/mol. The Labute approximate surface area is 268 Å². The van der Waals surface area contributed by atoms with E-state index in [9.17, 15) is 29.4 Å². The molecule has 20 heteroatoms. The summed E-state index contributed by atoms with van der Waals surface area (Å²) in [5, 5.41) is 29.6. The minimum absolute atomic E-state index is 0.0771. The van der Waals surface area contributed by atoms with Gasteiger partial charge in [-0.15, -0.1) is 28.6 Å². The van der Waals surface area contributed by atoms with Gasteiger partial charge in [0.05, 0.1) is 6.20 Å². The van der Waals surface area contributed by atoms with E-state index in [0.29, 0.717) is 24.5 Å². The first-order chi connectivity index (χ1) is 21.7. The number of thiazole rings is 1. The van der Waals surface area contributed by atoms with Crippen molar-refractivity contribution in [3.63, 3.8) is 0 Å². The Kier molecular flexibility index (Phi) is 8.62. The van der Waals surface area contributed by atoms with E-state index in [1.165, 1.54) is 56.7 Å². The first-order valence-corrected chi connectivity index (χ1v) is 16.6. The molecule has 0 bridgehead atoms. The number of hydrogen-bond acceptors (Lipinski definition) is 16. The fourth-order valence-corrected chi connectivity index (χ4v) is 8.09. The quantitative estimate of drug-likeness (QED) is 0.102. The van der Waals surface area contributed by atoms with E-state index in [2.05, 4.69) is 26.0 Å². The number of hydrazine groups is 2. The number of aliphatic hydroxyl groups is 1. The maximum atomic E-state index is 13.2. The monoisotopic (exact) mass is 676 g/mol. The normalized spacial score (nSPS) is 23.1. The van der Waals surface area contributed by atoms with Crippen LogP contribution in [0.5, 0.6) is 0 Å². The van der Waals surface area contributed by atoms with Crippen LogP contribution in [0.15, 0.2) is 50.3 Å². The topological polar surface area (TPSA) is 219 Å².